The second kappa shape index (κ2) is 8.85. The van der Waals surface area contributed by atoms with Gasteiger partial charge in [-0.3, -0.25) is 14.2 Å². The maximum Gasteiger partial charge on any atom is 0.262 e. The second-order valence-electron chi connectivity index (χ2n) is 6.54. The number of para-hydroxylation sites is 1. The fourth-order valence-electron chi connectivity index (χ4n) is 3.29. The molecule has 7 nitrogen and oxygen atoms in total. The van der Waals surface area contributed by atoms with E-state index >= 15 is 0 Å². The van der Waals surface area contributed by atoms with E-state index in [0.717, 1.165) is 0 Å². The molecular weight excluding hydrogens is 402 g/mol. The minimum absolute atomic E-state index is 0.0575. The number of hydrogen-bond acceptors (Lipinski definition) is 6. The highest BCUT2D eigenvalue weighted by atomic mass is 32.2. The molecule has 0 spiro atoms. The van der Waals surface area contributed by atoms with Crippen LogP contribution in [0.25, 0.3) is 0 Å². The molecule has 0 aliphatic carbocycles. The smallest absolute Gasteiger partial charge is 0.262 e. The number of hydroxylamine groups is 1. The van der Waals surface area contributed by atoms with Gasteiger partial charge in [0.15, 0.2) is 9.84 Å². The lowest BCUT2D eigenvalue weighted by Crippen LogP contribution is -2.46. The van der Waals surface area contributed by atoms with Crippen molar-refractivity contribution < 1.29 is 27.4 Å². The Labute approximate surface area is 166 Å². The predicted octanol–water partition coefficient (Wildman–Crippen LogP) is 2.29. The summed E-state index contributed by atoms with van der Waals surface area (Å²) in [7, 11) is -5.26. The molecule has 0 bridgehead atoms. The molecule has 2 aromatic carbocycles. The first kappa shape index (κ1) is 20.5. The molecule has 0 saturated carbocycles. The molecule has 3 unspecified atom stereocenters. The van der Waals surface area contributed by atoms with Gasteiger partial charge >= 0.3 is 0 Å². The molecule has 3 atom stereocenters. The van der Waals surface area contributed by atoms with E-state index in [1.165, 1.54) is 29.7 Å². The highest BCUT2D eigenvalue weighted by molar-refractivity contribution is 7.93. The summed E-state index contributed by atoms with van der Waals surface area (Å²) in [5.41, 5.74) is 1.46. The van der Waals surface area contributed by atoms with E-state index in [1.807, 2.05) is 18.2 Å². The minimum Gasteiger partial charge on any atom is -0.457 e. The lowest BCUT2D eigenvalue weighted by atomic mass is 10.0. The lowest BCUT2D eigenvalue weighted by molar-refractivity contribution is -0.129. The third-order valence-corrected chi connectivity index (χ3v) is 8.35. The summed E-state index contributed by atoms with van der Waals surface area (Å²) in [6.07, 6.45) is 1.03. The van der Waals surface area contributed by atoms with Crippen LogP contribution in [0.3, 0.4) is 0 Å². The van der Waals surface area contributed by atoms with Crippen LogP contribution in [0, 0.1) is 5.92 Å². The summed E-state index contributed by atoms with van der Waals surface area (Å²) in [6.45, 7) is 0. The summed E-state index contributed by atoms with van der Waals surface area (Å²) in [4.78, 5) is 12.1. The van der Waals surface area contributed by atoms with E-state index in [9.17, 15) is 17.4 Å². The highest BCUT2D eigenvalue weighted by Gasteiger charge is 2.42. The van der Waals surface area contributed by atoms with Gasteiger partial charge in [0.1, 0.15) is 16.7 Å². The molecule has 1 aliphatic heterocycles. The zero-order valence-corrected chi connectivity index (χ0v) is 16.6. The molecule has 0 aromatic heterocycles. The number of rotatable bonds is 6. The van der Waals surface area contributed by atoms with Gasteiger partial charge < -0.3 is 4.74 Å². The first-order valence-corrected chi connectivity index (χ1v) is 11.8. The zero-order chi connectivity index (χ0) is 20.1. The van der Waals surface area contributed by atoms with Crippen molar-refractivity contribution in [1.29, 1.82) is 0 Å². The van der Waals surface area contributed by atoms with Gasteiger partial charge in [0, 0.05) is 22.3 Å². The van der Waals surface area contributed by atoms with E-state index in [0.29, 0.717) is 30.1 Å². The Morgan fingerprint density at radius 3 is 2.36 bits per heavy atom. The Bertz CT molecular complexity index is 944. The Morgan fingerprint density at radius 1 is 1.11 bits per heavy atom. The second-order valence-corrected chi connectivity index (χ2v) is 10.2. The van der Waals surface area contributed by atoms with Gasteiger partial charge in [-0.05, 0) is 55.2 Å². The number of benzene rings is 2. The summed E-state index contributed by atoms with van der Waals surface area (Å²) in [5, 5.41) is 7.56. The van der Waals surface area contributed by atoms with E-state index in [-0.39, 0.29) is 10.6 Å². The fraction of sp³-hybridized carbons (Fsp3) is 0.316. The Balaban J connectivity index is 1.86. The summed E-state index contributed by atoms with van der Waals surface area (Å²) >= 11 is 0. The van der Waals surface area contributed by atoms with Gasteiger partial charge in [0.05, 0.1) is 4.90 Å². The van der Waals surface area contributed by atoms with Crippen LogP contribution < -0.4 is 10.2 Å². The van der Waals surface area contributed by atoms with Crippen LogP contribution in [0.4, 0.5) is 0 Å². The molecule has 0 radical (unpaired) electrons. The van der Waals surface area contributed by atoms with E-state index in [2.05, 4.69) is 0 Å². The lowest BCUT2D eigenvalue weighted by Gasteiger charge is -2.28. The van der Waals surface area contributed by atoms with E-state index in [4.69, 9.17) is 9.94 Å². The molecule has 1 heterocycles. The Hall–Kier alpha value is -2.23. The minimum atomic E-state index is -4.09. The first-order valence-electron chi connectivity index (χ1n) is 8.77. The molecule has 150 valence electrons. The standard InChI is InChI=1S/C19H21NO6S2/c21-19(20-22)18(14-5-4-12-27(23)13-14)28(24,25)17-10-8-16(9-11-17)26-15-6-2-1-3-7-15/h1-3,6-11,14,18,22H,4-5,12-13H2,(H,20,21). The van der Waals surface area contributed by atoms with Gasteiger partial charge in [-0.25, -0.2) is 13.9 Å². The number of carbonyl (C=O) groups excluding carboxylic acids is 1. The van der Waals surface area contributed by atoms with Crippen LogP contribution in [0.2, 0.25) is 0 Å². The van der Waals surface area contributed by atoms with Gasteiger partial charge in [0.25, 0.3) is 5.91 Å². The summed E-state index contributed by atoms with van der Waals surface area (Å²) in [6, 6.07) is 14.8. The molecule has 3 rings (SSSR count). The normalized spacial score (nSPS) is 20.9. The third-order valence-electron chi connectivity index (χ3n) is 4.61. The van der Waals surface area contributed by atoms with Gasteiger partial charge in [-0.2, -0.15) is 0 Å². The zero-order valence-electron chi connectivity index (χ0n) is 15.0. The predicted molar refractivity (Wildman–Crippen MR) is 104 cm³/mol. The van der Waals surface area contributed by atoms with Crippen molar-refractivity contribution in [2.45, 2.75) is 23.0 Å². The van der Waals surface area contributed by atoms with Crippen LogP contribution in [-0.2, 0) is 25.4 Å². The maximum absolute atomic E-state index is 13.1. The average molecular weight is 424 g/mol. The van der Waals surface area contributed by atoms with Crippen LogP contribution in [0.15, 0.2) is 59.5 Å². The van der Waals surface area contributed by atoms with E-state index < -0.39 is 37.7 Å². The molecule has 2 aromatic rings. The van der Waals surface area contributed by atoms with Crippen molar-refractivity contribution in [3.8, 4) is 11.5 Å². The van der Waals surface area contributed by atoms with Crippen molar-refractivity contribution in [3.05, 3.63) is 54.6 Å². The van der Waals surface area contributed by atoms with Crippen LogP contribution in [0.5, 0.6) is 11.5 Å². The maximum atomic E-state index is 13.1. The SMILES string of the molecule is O=C(NO)C(C1CCCS(=O)C1)S(=O)(=O)c1ccc(Oc2ccccc2)cc1. The average Bonchev–Trinajstić information content (AvgIpc) is 2.69. The van der Waals surface area contributed by atoms with Gasteiger partial charge in [-0.1, -0.05) is 18.2 Å². The number of nitrogens with one attached hydrogen (secondary N) is 1. The first-order chi connectivity index (χ1) is 13.4. The van der Waals surface area contributed by atoms with Crippen molar-refractivity contribution in [1.82, 2.24) is 5.48 Å². The molecular formula is C19H21NO6S2. The van der Waals surface area contributed by atoms with Gasteiger partial charge in [0.2, 0.25) is 0 Å². The number of carbonyl (C=O) groups is 1. The van der Waals surface area contributed by atoms with Gasteiger partial charge in [-0.15, -0.1) is 0 Å². The molecule has 2 N–H and O–H groups in total. The van der Waals surface area contributed by atoms with Crippen molar-refractivity contribution in [3.63, 3.8) is 0 Å². The molecule has 1 amide bonds. The fourth-order valence-corrected chi connectivity index (χ4v) is 6.79. The molecule has 28 heavy (non-hydrogen) atoms. The largest absolute Gasteiger partial charge is 0.457 e. The van der Waals surface area contributed by atoms with Crippen molar-refractivity contribution in [2.24, 2.45) is 5.92 Å². The molecule has 1 aliphatic rings. The topological polar surface area (TPSA) is 110 Å². The molecule has 9 heteroatoms. The summed E-state index contributed by atoms with van der Waals surface area (Å²) < 4.78 is 43.7. The molecule has 1 saturated heterocycles. The van der Waals surface area contributed by atoms with Crippen molar-refractivity contribution >= 4 is 26.5 Å². The van der Waals surface area contributed by atoms with Crippen LogP contribution in [-0.4, -0.2) is 40.5 Å². The van der Waals surface area contributed by atoms with E-state index in [1.54, 1.807) is 12.1 Å². The Morgan fingerprint density at radius 2 is 1.75 bits per heavy atom. The third kappa shape index (κ3) is 4.60. The number of amides is 1. The van der Waals surface area contributed by atoms with Crippen molar-refractivity contribution in [2.75, 3.05) is 11.5 Å². The van der Waals surface area contributed by atoms with Crippen LogP contribution in [0.1, 0.15) is 12.8 Å². The number of hydrogen-bond donors (Lipinski definition) is 2. The highest BCUT2D eigenvalue weighted by Crippen LogP contribution is 2.30. The quantitative estimate of drug-likeness (QED) is 0.545. The monoisotopic (exact) mass is 423 g/mol. The number of ether oxygens (including phenoxy) is 1. The van der Waals surface area contributed by atoms with Crippen LogP contribution >= 0.6 is 0 Å². The number of sulfone groups is 1. The Kier molecular flexibility index (Phi) is 6.48. The molecule has 1 fully saturated rings. The summed E-state index contributed by atoms with van der Waals surface area (Å²) in [5.74, 6) is 0.0510.